The fourth-order valence-electron chi connectivity index (χ4n) is 2.32. The SMILES string of the molecule is CCc1ccccc1C(=O)N1CCN[C@H](C)C1.Cl. The number of benzene rings is 1. The number of nitrogens with one attached hydrogen (secondary N) is 1. The number of halogens is 1. The summed E-state index contributed by atoms with van der Waals surface area (Å²) < 4.78 is 0. The molecule has 1 aromatic rings. The van der Waals surface area contributed by atoms with Crippen LogP contribution in [0.5, 0.6) is 0 Å². The summed E-state index contributed by atoms with van der Waals surface area (Å²) in [7, 11) is 0. The Kier molecular flexibility index (Phi) is 5.63. The van der Waals surface area contributed by atoms with Gasteiger partial charge in [-0.3, -0.25) is 4.79 Å². The van der Waals surface area contributed by atoms with Crippen LogP contribution < -0.4 is 5.32 Å². The Bertz CT molecular complexity index is 409. The molecular formula is C14H21ClN2O. The maximum absolute atomic E-state index is 12.4. The van der Waals surface area contributed by atoms with Crippen LogP contribution in [0.15, 0.2) is 24.3 Å². The molecule has 0 spiro atoms. The lowest BCUT2D eigenvalue weighted by Gasteiger charge is -2.32. The van der Waals surface area contributed by atoms with E-state index in [4.69, 9.17) is 0 Å². The summed E-state index contributed by atoms with van der Waals surface area (Å²) in [6.07, 6.45) is 0.906. The zero-order valence-corrected chi connectivity index (χ0v) is 11.8. The standard InChI is InChI=1S/C14H20N2O.ClH/c1-3-12-6-4-5-7-13(12)14(17)16-9-8-15-11(2)10-16;/h4-7,11,15H,3,8-10H2,1-2H3;1H/t11-;/m1./s1. The Balaban J connectivity index is 0.00000162. The highest BCUT2D eigenvalue weighted by molar-refractivity contribution is 5.95. The molecule has 4 heteroatoms. The van der Waals surface area contributed by atoms with E-state index in [1.54, 1.807) is 0 Å². The highest BCUT2D eigenvalue weighted by atomic mass is 35.5. The van der Waals surface area contributed by atoms with Gasteiger partial charge < -0.3 is 10.2 Å². The molecular weight excluding hydrogens is 248 g/mol. The molecule has 0 aliphatic carbocycles. The van der Waals surface area contributed by atoms with Crippen molar-refractivity contribution < 1.29 is 4.79 Å². The minimum absolute atomic E-state index is 0. The van der Waals surface area contributed by atoms with Crippen molar-refractivity contribution in [3.05, 3.63) is 35.4 Å². The molecule has 3 nitrogen and oxygen atoms in total. The van der Waals surface area contributed by atoms with Crippen molar-refractivity contribution in [2.24, 2.45) is 0 Å². The molecule has 1 atom stereocenters. The highest BCUT2D eigenvalue weighted by Crippen LogP contribution is 2.13. The normalized spacial score (nSPS) is 19.2. The fourth-order valence-corrected chi connectivity index (χ4v) is 2.32. The lowest BCUT2D eigenvalue weighted by molar-refractivity contribution is 0.0708. The third kappa shape index (κ3) is 3.24. The molecule has 1 amide bonds. The summed E-state index contributed by atoms with van der Waals surface area (Å²) in [5, 5.41) is 3.35. The van der Waals surface area contributed by atoms with Crippen molar-refractivity contribution in [2.45, 2.75) is 26.3 Å². The van der Waals surface area contributed by atoms with Crippen LogP contribution >= 0.6 is 12.4 Å². The summed E-state index contributed by atoms with van der Waals surface area (Å²) in [6, 6.07) is 8.31. The van der Waals surface area contributed by atoms with Gasteiger partial charge in [-0.15, -0.1) is 12.4 Å². The number of rotatable bonds is 2. The highest BCUT2D eigenvalue weighted by Gasteiger charge is 2.22. The molecule has 1 aromatic carbocycles. The zero-order valence-electron chi connectivity index (χ0n) is 11.0. The molecule has 1 N–H and O–H groups in total. The quantitative estimate of drug-likeness (QED) is 0.891. The minimum atomic E-state index is 0. The smallest absolute Gasteiger partial charge is 0.254 e. The number of piperazine rings is 1. The molecule has 18 heavy (non-hydrogen) atoms. The van der Waals surface area contributed by atoms with Crippen molar-refractivity contribution >= 4 is 18.3 Å². The van der Waals surface area contributed by atoms with Crippen molar-refractivity contribution in [2.75, 3.05) is 19.6 Å². The van der Waals surface area contributed by atoms with Gasteiger partial charge in [0.25, 0.3) is 5.91 Å². The van der Waals surface area contributed by atoms with Crippen molar-refractivity contribution in [1.29, 1.82) is 0 Å². The van der Waals surface area contributed by atoms with E-state index in [-0.39, 0.29) is 18.3 Å². The van der Waals surface area contributed by atoms with Crippen LogP contribution in [-0.2, 0) is 6.42 Å². The van der Waals surface area contributed by atoms with Crippen molar-refractivity contribution in [3.8, 4) is 0 Å². The largest absolute Gasteiger partial charge is 0.336 e. The van der Waals surface area contributed by atoms with E-state index in [1.165, 1.54) is 0 Å². The van der Waals surface area contributed by atoms with Gasteiger partial charge >= 0.3 is 0 Å². The first-order valence-electron chi connectivity index (χ1n) is 6.33. The molecule has 0 bridgehead atoms. The maximum Gasteiger partial charge on any atom is 0.254 e. The van der Waals surface area contributed by atoms with E-state index < -0.39 is 0 Å². The zero-order chi connectivity index (χ0) is 12.3. The number of amides is 1. The van der Waals surface area contributed by atoms with Gasteiger partial charge in [0, 0.05) is 31.2 Å². The Morgan fingerprint density at radius 3 is 2.83 bits per heavy atom. The Labute approximate surface area is 115 Å². The van der Waals surface area contributed by atoms with Crippen molar-refractivity contribution in [1.82, 2.24) is 10.2 Å². The first kappa shape index (κ1) is 15.0. The molecule has 0 saturated carbocycles. The summed E-state index contributed by atoms with van der Waals surface area (Å²) in [6.45, 7) is 6.71. The number of carbonyl (C=O) groups is 1. The molecule has 100 valence electrons. The van der Waals surface area contributed by atoms with Crippen LogP contribution in [0.3, 0.4) is 0 Å². The van der Waals surface area contributed by atoms with E-state index in [0.29, 0.717) is 6.04 Å². The number of hydrogen-bond acceptors (Lipinski definition) is 2. The van der Waals surface area contributed by atoms with E-state index in [2.05, 4.69) is 19.2 Å². The van der Waals surface area contributed by atoms with Crippen LogP contribution in [0.1, 0.15) is 29.8 Å². The molecule has 2 rings (SSSR count). The lowest BCUT2D eigenvalue weighted by atomic mass is 10.0. The number of carbonyl (C=O) groups excluding carboxylic acids is 1. The summed E-state index contributed by atoms with van der Waals surface area (Å²) >= 11 is 0. The minimum Gasteiger partial charge on any atom is -0.336 e. The molecule has 1 aliphatic heterocycles. The van der Waals surface area contributed by atoms with Gasteiger partial charge in [0.1, 0.15) is 0 Å². The van der Waals surface area contributed by atoms with Gasteiger partial charge in [0.05, 0.1) is 0 Å². The van der Waals surface area contributed by atoms with Gasteiger partial charge in [0.2, 0.25) is 0 Å². The summed E-state index contributed by atoms with van der Waals surface area (Å²) in [5.74, 6) is 0.177. The average molecular weight is 269 g/mol. The maximum atomic E-state index is 12.4. The predicted molar refractivity (Wildman–Crippen MR) is 76.4 cm³/mol. The van der Waals surface area contributed by atoms with Gasteiger partial charge in [-0.05, 0) is 25.0 Å². The van der Waals surface area contributed by atoms with Gasteiger partial charge in [0.15, 0.2) is 0 Å². The third-order valence-corrected chi connectivity index (χ3v) is 3.28. The van der Waals surface area contributed by atoms with Gasteiger partial charge in [-0.25, -0.2) is 0 Å². The lowest BCUT2D eigenvalue weighted by Crippen LogP contribution is -2.51. The molecule has 0 radical (unpaired) electrons. The molecule has 0 unspecified atom stereocenters. The van der Waals surface area contributed by atoms with Crippen LogP contribution in [0.25, 0.3) is 0 Å². The van der Waals surface area contributed by atoms with Gasteiger partial charge in [-0.1, -0.05) is 25.1 Å². The van der Waals surface area contributed by atoms with E-state index in [0.717, 1.165) is 37.2 Å². The number of hydrogen-bond donors (Lipinski definition) is 1. The molecule has 1 aliphatic rings. The summed E-state index contributed by atoms with van der Waals surface area (Å²) in [4.78, 5) is 14.4. The Morgan fingerprint density at radius 2 is 2.17 bits per heavy atom. The monoisotopic (exact) mass is 268 g/mol. The van der Waals surface area contributed by atoms with E-state index in [1.807, 2.05) is 29.2 Å². The van der Waals surface area contributed by atoms with E-state index in [9.17, 15) is 4.79 Å². The topological polar surface area (TPSA) is 32.3 Å². The number of aryl methyl sites for hydroxylation is 1. The molecule has 1 heterocycles. The molecule has 1 saturated heterocycles. The second-order valence-electron chi connectivity index (χ2n) is 4.62. The van der Waals surface area contributed by atoms with Crippen molar-refractivity contribution in [3.63, 3.8) is 0 Å². The predicted octanol–water partition coefficient (Wildman–Crippen LogP) is 2.10. The first-order valence-corrected chi connectivity index (χ1v) is 6.33. The van der Waals surface area contributed by atoms with Crippen LogP contribution in [0, 0.1) is 0 Å². The Hall–Kier alpha value is -1.06. The van der Waals surface area contributed by atoms with E-state index >= 15 is 0 Å². The Morgan fingerprint density at radius 1 is 1.44 bits per heavy atom. The second kappa shape index (κ2) is 6.76. The number of nitrogens with zero attached hydrogens (tertiary/aromatic N) is 1. The third-order valence-electron chi connectivity index (χ3n) is 3.28. The molecule has 1 fully saturated rings. The second-order valence-corrected chi connectivity index (χ2v) is 4.62. The van der Waals surface area contributed by atoms with Crippen LogP contribution in [0.2, 0.25) is 0 Å². The average Bonchev–Trinajstić information content (AvgIpc) is 2.38. The summed E-state index contributed by atoms with van der Waals surface area (Å²) in [5.41, 5.74) is 2.01. The van der Waals surface area contributed by atoms with Crippen LogP contribution in [0.4, 0.5) is 0 Å². The van der Waals surface area contributed by atoms with Gasteiger partial charge in [-0.2, -0.15) is 0 Å². The molecule has 0 aromatic heterocycles. The first-order chi connectivity index (χ1) is 8.22. The van der Waals surface area contributed by atoms with Crippen LogP contribution in [-0.4, -0.2) is 36.5 Å². The fraction of sp³-hybridized carbons (Fsp3) is 0.500.